The molecule has 74 heavy (non-hydrogen) atoms. The number of esters is 2. The van der Waals surface area contributed by atoms with Crippen LogP contribution in [0.25, 0.3) is 0 Å². The molecule has 4 atom stereocenters. The van der Waals surface area contributed by atoms with E-state index in [9.17, 15) is 33.6 Å². The molecule has 2 aromatic rings. The topological polar surface area (TPSA) is 183 Å². The van der Waals surface area contributed by atoms with Crippen LogP contribution in [0.1, 0.15) is 176 Å². The number of carbonyl (C=O) groups excluding carboxylic acids is 6. The summed E-state index contributed by atoms with van der Waals surface area (Å²) in [5.41, 5.74) is 0.941. The predicted molar refractivity (Wildman–Crippen MR) is 291 cm³/mol. The molecule has 412 valence electrons. The molecule has 1 N–H and O–H groups in total. The van der Waals surface area contributed by atoms with Gasteiger partial charge >= 0.3 is 30.1 Å². The van der Waals surface area contributed by atoms with Crippen LogP contribution in [-0.4, -0.2) is 93.3 Å². The monoisotopic (exact) mass is 1030 g/mol. The molecule has 2 heterocycles. The van der Waals surface area contributed by atoms with E-state index in [-0.39, 0.29) is 50.8 Å². The minimum Gasteiger partial charge on any atom is -0.481 e. The first-order valence-corrected chi connectivity index (χ1v) is 26.2. The molecule has 4 rings (SSSR count). The Morgan fingerprint density at radius 1 is 0.595 bits per heavy atom. The first-order chi connectivity index (χ1) is 34.7. The molecule has 2 saturated heterocycles. The standard InChI is InChI=1S/C25H35NO5.C19H25NO3.C15H26O4.CH4/c1-5-6-7-8-12-15-20(17-22(27)31-25(2,3)4)23(28)26-21(18-30-24(26)29)16-19-13-10-9-11-14-19;1-2-3-4-5-6-10-13-18(21)20-17(15-23-19(20)22)14-16-11-8-7-9-12-16;1-5-6-7-8-9-10-12(14(17)18)11-13(16)19-15(2,3)4;/h5,9-11,13-14,20-21H,1,6-8,12,15-18H2,2-4H3;2,7-9,11-12,17H,1,3-6,10,13-15H2;5,12H,1,6-11H2,2-4H3,(H,17,18);1H4/t20-,21+;17-;12-;/m101./s1. The normalized spacial score (nSPS) is 15.8. The van der Waals surface area contributed by atoms with Crippen LogP contribution in [0.5, 0.6) is 0 Å². The summed E-state index contributed by atoms with van der Waals surface area (Å²) in [5.74, 6) is -3.50. The predicted octanol–water partition coefficient (Wildman–Crippen LogP) is 13.4. The average Bonchev–Trinajstić information content (AvgIpc) is 3.88. The number of carboxylic acids is 1. The number of unbranched alkanes of at least 4 members (excludes halogenated alkanes) is 10. The molecule has 2 fully saturated rings. The summed E-state index contributed by atoms with van der Waals surface area (Å²) in [7, 11) is 0. The molecule has 4 amide bonds. The van der Waals surface area contributed by atoms with Crippen molar-refractivity contribution in [2.75, 3.05) is 13.2 Å². The van der Waals surface area contributed by atoms with E-state index in [2.05, 4.69) is 19.7 Å². The lowest BCUT2D eigenvalue weighted by Crippen LogP contribution is -2.44. The van der Waals surface area contributed by atoms with Crippen LogP contribution in [0, 0.1) is 11.8 Å². The van der Waals surface area contributed by atoms with E-state index in [1.165, 1.54) is 9.80 Å². The van der Waals surface area contributed by atoms with E-state index in [0.717, 1.165) is 94.6 Å². The Bertz CT molecular complexity index is 2020. The Balaban J connectivity index is 0.000000571. The van der Waals surface area contributed by atoms with Crippen LogP contribution < -0.4 is 0 Å². The van der Waals surface area contributed by atoms with Crippen LogP contribution >= 0.6 is 0 Å². The summed E-state index contributed by atoms with van der Waals surface area (Å²) in [4.78, 5) is 87.7. The number of hydrogen-bond acceptors (Lipinski definition) is 11. The molecule has 0 saturated carbocycles. The number of carboxylic acid groups (broad SMARTS) is 1. The molecule has 2 aromatic carbocycles. The van der Waals surface area contributed by atoms with Crippen molar-refractivity contribution in [3.63, 3.8) is 0 Å². The minimum atomic E-state index is -0.922. The van der Waals surface area contributed by atoms with Gasteiger partial charge in [-0.2, -0.15) is 0 Å². The van der Waals surface area contributed by atoms with Gasteiger partial charge in [0.15, 0.2) is 0 Å². The van der Waals surface area contributed by atoms with Crippen molar-refractivity contribution in [1.82, 2.24) is 9.80 Å². The van der Waals surface area contributed by atoms with Gasteiger partial charge < -0.3 is 24.1 Å². The van der Waals surface area contributed by atoms with Crippen molar-refractivity contribution >= 4 is 41.9 Å². The molecule has 2 aliphatic rings. The number of benzene rings is 2. The third-order valence-electron chi connectivity index (χ3n) is 11.9. The average molecular weight is 1030 g/mol. The van der Waals surface area contributed by atoms with Crippen LogP contribution in [0.3, 0.4) is 0 Å². The molecular formula is C60H90N2O12. The number of rotatable bonds is 29. The summed E-state index contributed by atoms with van der Waals surface area (Å²) < 4.78 is 20.9. The quantitative estimate of drug-likeness (QED) is 0.0353. The van der Waals surface area contributed by atoms with Crippen LogP contribution in [-0.2, 0) is 55.8 Å². The van der Waals surface area contributed by atoms with Gasteiger partial charge in [0, 0.05) is 12.3 Å². The van der Waals surface area contributed by atoms with Gasteiger partial charge in [-0.25, -0.2) is 19.4 Å². The van der Waals surface area contributed by atoms with Crippen molar-refractivity contribution in [2.45, 2.75) is 201 Å². The largest absolute Gasteiger partial charge is 0.481 e. The van der Waals surface area contributed by atoms with Gasteiger partial charge in [0.2, 0.25) is 11.8 Å². The zero-order valence-electron chi connectivity index (χ0n) is 44.8. The van der Waals surface area contributed by atoms with Crippen LogP contribution in [0.2, 0.25) is 0 Å². The van der Waals surface area contributed by atoms with Gasteiger partial charge in [-0.15, -0.1) is 19.7 Å². The van der Waals surface area contributed by atoms with Crippen LogP contribution in [0.15, 0.2) is 98.6 Å². The van der Waals surface area contributed by atoms with Crippen molar-refractivity contribution < 1.29 is 57.6 Å². The number of nitrogens with zero attached hydrogens (tertiary/aromatic N) is 2. The zero-order chi connectivity index (χ0) is 54.2. The van der Waals surface area contributed by atoms with E-state index >= 15 is 0 Å². The maximum absolute atomic E-state index is 13.4. The fourth-order valence-corrected chi connectivity index (χ4v) is 8.31. The molecule has 0 unspecified atom stereocenters. The van der Waals surface area contributed by atoms with Crippen molar-refractivity contribution in [3.05, 3.63) is 110 Å². The van der Waals surface area contributed by atoms with Gasteiger partial charge in [0.05, 0.1) is 30.8 Å². The summed E-state index contributed by atoms with van der Waals surface area (Å²) in [6, 6.07) is 19.0. The molecule has 0 aromatic heterocycles. The highest BCUT2D eigenvalue weighted by molar-refractivity contribution is 5.96. The molecule has 0 bridgehead atoms. The van der Waals surface area contributed by atoms with Crippen molar-refractivity contribution in [1.29, 1.82) is 0 Å². The van der Waals surface area contributed by atoms with Gasteiger partial charge in [-0.1, -0.05) is 125 Å². The fourth-order valence-electron chi connectivity index (χ4n) is 8.31. The molecule has 14 heteroatoms. The summed E-state index contributed by atoms with van der Waals surface area (Å²) in [6.07, 6.45) is 19.5. The van der Waals surface area contributed by atoms with E-state index in [1.807, 2.05) is 78.9 Å². The Morgan fingerprint density at radius 2 is 0.973 bits per heavy atom. The lowest BCUT2D eigenvalue weighted by Gasteiger charge is -2.26. The summed E-state index contributed by atoms with van der Waals surface area (Å²) in [5, 5.41) is 9.10. The molecule has 14 nitrogen and oxygen atoms in total. The third-order valence-corrected chi connectivity index (χ3v) is 11.9. The lowest BCUT2D eigenvalue weighted by molar-refractivity contribution is -0.160. The van der Waals surface area contributed by atoms with Crippen LogP contribution in [0.4, 0.5) is 9.59 Å². The second-order valence-electron chi connectivity index (χ2n) is 20.7. The Hall–Kier alpha value is -6.05. The third kappa shape index (κ3) is 27.8. The first-order valence-electron chi connectivity index (χ1n) is 26.2. The highest BCUT2D eigenvalue weighted by atomic mass is 16.6. The number of aliphatic carboxylic acids is 1. The SMILES string of the molecule is C.C=CCCCCCCC(=O)N1C(=O)OC[C@@H]1Cc1ccccc1.C=CCCCCC[C@H](CC(=O)OC(C)(C)C)C(=O)N1C(=O)OC[C@@H]1Cc1ccccc1.C=CCCCCC[C@H](CC(=O)OC(C)(C)C)C(=O)O. The second-order valence-corrected chi connectivity index (χ2v) is 20.7. The smallest absolute Gasteiger partial charge is 0.416 e. The molecular weight excluding hydrogens is 941 g/mol. The van der Waals surface area contributed by atoms with Crippen molar-refractivity contribution in [2.24, 2.45) is 11.8 Å². The molecule has 0 spiro atoms. The maximum Gasteiger partial charge on any atom is 0.416 e. The highest BCUT2D eigenvalue weighted by Crippen LogP contribution is 2.26. The number of ether oxygens (including phenoxy) is 4. The summed E-state index contributed by atoms with van der Waals surface area (Å²) in [6.45, 7) is 22.2. The minimum absolute atomic E-state index is 0. The Morgan fingerprint density at radius 3 is 1.39 bits per heavy atom. The van der Waals surface area contributed by atoms with E-state index in [1.54, 1.807) is 41.5 Å². The number of imide groups is 2. The Labute approximate surface area is 443 Å². The van der Waals surface area contributed by atoms with Gasteiger partial charge in [-0.05, 0) is 123 Å². The van der Waals surface area contributed by atoms with E-state index < -0.39 is 53.1 Å². The van der Waals surface area contributed by atoms with E-state index in [0.29, 0.717) is 38.7 Å². The number of carbonyl (C=O) groups is 7. The molecule has 0 aliphatic carbocycles. The number of cyclic esters (lactones) is 2. The highest BCUT2D eigenvalue weighted by Gasteiger charge is 2.42. The first kappa shape index (κ1) is 66.0. The summed E-state index contributed by atoms with van der Waals surface area (Å²) >= 11 is 0. The zero-order valence-corrected chi connectivity index (χ0v) is 44.8. The van der Waals surface area contributed by atoms with Crippen molar-refractivity contribution in [3.8, 4) is 0 Å². The maximum atomic E-state index is 13.4. The Kier molecular flexibility index (Phi) is 32.1. The second kappa shape index (κ2) is 36.0. The molecule has 0 radical (unpaired) electrons. The van der Waals surface area contributed by atoms with Gasteiger partial charge in [0.1, 0.15) is 24.4 Å². The van der Waals surface area contributed by atoms with E-state index in [4.69, 9.17) is 24.1 Å². The number of hydrogen-bond donors (Lipinski definition) is 1. The lowest BCUT2D eigenvalue weighted by atomic mass is 9.94. The fraction of sp³-hybridized carbons (Fsp3) is 0.583. The number of allylic oxidation sites excluding steroid dienone is 3. The van der Waals surface area contributed by atoms with Gasteiger partial charge in [-0.3, -0.25) is 24.0 Å². The number of amides is 4. The van der Waals surface area contributed by atoms with Gasteiger partial charge in [0.25, 0.3) is 0 Å². The molecule has 2 aliphatic heterocycles.